The standard InChI is InChI=1S/C16H16N2O4S/c1-12(19)13-8-10-15(11-9-13)23(21,22)18-16(20)17-14-6-4-2-3-5-7-14/h2-6,8-11H,7H2,1H3,(H2,17,18,20). The summed E-state index contributed by atoms with van der Waals surface area (Å²) < 4.78 is 26.2. The molecule has 1 aromatic rings. The molecule has 0 aromatic heterocycles. The Hall–Kier alpha value is -2.67. The smallest absolute Gasteiger partial charge is 0.311 e. The van der Waals surface area contributed by atoms with Gasteiger partial charge in [0.05, 0.1) is 4.90 Å². The van der Waals surface area contributed by atoms with Gasteiger partial charge >= 0.3 is 6.03 Å². The largest absolute Gasteiger partial charge is 0.332 e. The van der Waals surface area contributed by atoms with Crippen molar-refractivity contribution < 1.29 is 18.0 Å². The minimum Gasteiger partial charge on any atom is -0.311 e. The topological polar surface area (TPSA) is 92.3 Å². The van der Waals surface area contributed by atoms with Crippen LogP contribution in [-0.4, -0.2) is 20.2 Å². The lowest BCUT2D eigenvalue weighted by molar-refractivity contribution is 0.101. The van der Waals surface area contributed by atoms with E-state index in [1.165, 1.54) is 31.2 Å². The number of sulfonamides is 1. The Labute approximate surface area is 134 Å². The predicted octanol–water partition coefficient (Wildman–Crippen LogP) is 2.28. The number of nitrogens with one attached hydrogen (secondary N) is 2. The number of benzene rings is 1. The fourth-order valence-electron chi connectivity index (χ4n) is 1.89. The fourth-order valence-corrected chi connectivity index (χ4v) is 2.80. The summed E-state index contributed by atoms with van der Waals surface area (Å²) in [6.45, 7) is 1.39. The molecule has 0 saturated carbocycles. The van der Waals surface area contributed by atoms with Gasteiger partial charge in [-0.3, -0.25) is 4.79 Å². The van der Waals surface area contributed by atoms with Crippen molar-refractivity contribution in [2.75, 3.05) is 0 Å². The summed E-state index contributed by atoms with van der Waals surface area (Å²) in [4.78, 5) is 22.9. The zero-order chi connectivity index (χ0) is 16.9. The third-order valence-corrected chi connectivity index (χ3v) is 4.41. The number of hydrogen-bond donors (Lipinski definition) is 2. The molecule has 23 heavy (non-hydrogen) atoms. The van der Waals surface area contributed by atoms with Crippen molar-refractivity contribution in [3.8, 4) is 0 Å². The van der Waals surface area contributed by atoms with Gasteiger partial charge in [-0.15, -0.1) is 0 Å². The first-order valence-electron chi connectivity index (χ1n) is 6.86. The maximum atomic E-state index is 12.1. The van der Waals surface area contributed by atoms with Crippen LogP contribution in [0.4, 0.5) is 4.79 Å². The van der Waals surface area contributed by atoms with Gasteiger partial charge in [-0.25, -0.2) is 17.9 Å². The molecule has 7 heteroatoms. The highest BCUT2D eigenvalue weighted by Gasteiger charge is 2.18. The fraction of sp³-hybridized carbons (Fsp3) is 0.125. The number of carbonyl (C=O) groups excluding carboxylic acids is 2. The quantitative estimate of drug-likeness (QED) is 0.827. The monoisotopic (exact) mass is 332 g/mol. The van der Waals surface area contributed by atoms with Crippen LogP contribution in [0.2, 0.25) is 0 Å². The van der Waals surface area contributed by atoms with E-state index in [2.05, 4.69) is 5.32 Å². The van der Waals surface area contributed by atoms with Gasteiger partial charge in [-0.05, 0) is 25.1 Å². The molecule has 0 radical (unpaired) electrons. The molecule has 0 unspecified atom stereocenters. The number of carbonyl (C=O) groups is 2. The van der Waals surface area contributed by atoms with Gasteiger partial charge in [0.25, 0.3) is 10.0 Å². The highest BCUT2D eigenvalue weighted by Crippen LogP contribution is 2.11. The van der Waals surface area contributed by atoms with Crippen LogP contribution in [0.1, 0.15) is 23.7 Å². The molecule has 1 aromatic carbocycles. The van der Waals surface area contributed by atoms with E-state index in [1.54, 1.807) is 18.2 Å². The Morgan fingerprint density at radius 2 is 1.74 bits per heavy atom. The van der Waals surface area contributed by atoms with Crippen molar-refractivity contribution in [2.45, 2.75) is 18.2 Å². The van der Waals surface area contributed by atoms with Gasteiger partial charge in [0, 0.05) is 17.7 Å². The molecule has 0 fully saturated rings. The summed E-state index contributed by atoms with van der Waals surface area (Å²) in [5.74, 6) is -0.166. The number of allylic oxidation sites excluding steroid dienone is 5. The molecular weight excluding hydrogens is 316 g/mol. The molecule has 0 saturated heterocycles. The zero-order valence-electron chi connectivity index (χ0n) is 12.4. The van der Waals surface area contributed by atoms with E-state index in [1.807, 2.05) is 16.9 Å². The summed E-state index contributed by atoms with van der Waals surface area (Å²) in [7, 11) is -4.00. The maximum absolute atomic E-state index is 12.1. The first-order chi connectivity index (χ1) is 10.9. The molecule has 2 rings (SSSR count). The van der Waals surface area contributed by atoms with Gasteiger partial charge in [0.1, 0.15) is 0 Å². The molecule has 1 aliphatic carbocycles. The second kappa shape index (κ2) is 7.06. The highest BCUT2D eigenvalue weighted by molar-refractivity contribution is 7.90. The SMILES string of the molecule is CC(=O)c1ccc(S(=O)(=O)NC(=O)NC2=CC=CC=CC2)cc1. The molecule has 0 bridgehead atoms. The molecule has 6 nitrogen and oxygen atoms in total. The first-order valence-corrected chi connectivity index (χ1v) is 8.34. The van der Waals surface area contributed by atoms with Gasteiger partial charge in [-0.1, -0.05) is 36.4 Å². The van der Waals surface area contributed by atoms with Crippen LogP contribution in [0.25, 0.3) is 0 Å². The predicted molar refractivity (Wildman–Crippen MR) is 86.3 cm³/mol. The summed E-state index contributed by atoms with van der Waals surface area (Å²) in [5.41, 5.74) is 0.977. The van der Waals surface area contributed by atoms with Crippen molar-refractivity contribution in [3.63, 3.8) is 0 Å². The third-order valence-electron chi connectivity index (χ3n) is 3.07. The van der Waals surface area contributed by atoms with Crippen LogP contribution < -0.4 is 10.0 Å². The van der Waals surface area contributed by atoms with Crippen LogP contribution in [-0.2, 0) is 10.0 Å². The Bertz CT molecular complexity index is 803. The molecule has 2 amide bonds. The Balaban J connectivity index is 2.06. The second-order valence-electron chi connectivity index (χ2n) is 4.85. The Morgan fingerprint density at radius 3 is 2.39 bits per heavy atom. The van der Waals surface area contributed by atoms with Gasteiger partial charge in [-0.2, -0.15) is 0 Å². The minimum atomic E-state index is -4.00. The van der Waals surface area contributed by atoms with Crippen molar-refractivity contribution >= 4 is 21.8 Å². The average Bonchev–Trinajstić information content (AvgIpc) is 2.75. The van der Waals surface area contributed by atoms with Crippen LogP contribution in [0.5, 0.6) is 0 Å². The van der Waals surface area contributed by atoms with E-state index < -0.39 is 16.1 Å². The number of amides is 2. The second-order valence-corrected chi connectivity index (χ2v) is 6.53. The Morgan fingerprint density at radius 1 is 1.04 bits per heavy atom. The van der Waals surface area contributed by atoms with Gasteiger partial charge < -0.3 is 5.32 Å². The lowest BCUT2D eigenvalue weighted by atomic mass is 10.2. The highest BCUT2D eigenvalue weighted by atomic mass is 32.2. The van der Waals surface area contributed by atoms with Crippen LogP contribution >= 0.6 is 0 Å². The lowest BCUT2D eigenvalue weighted by Gasteiger charge is -2.10. The molecule has 0 spiro atoms. The summed E-state index contributed by atoms with van der Waals surface area (Å²) >= 11 is 0. The molecule has 0 aliphatic heterocycles. The van der Waals surface area contributed by atoms with E-state index in [-0.39, 0.29) is 10.7 Å². The number of urea groups is 1. The van der Waals surface area contributed by atoms with E-state index in [0.717, 1.165) is 0 Å². The molecule has 120 valence electrons. The Kier molecular flexibility index (Phi) is 5.13. The number of ketones is 1. The minimum absolute atomic E-state index is 0.0905. The summed E-state index contributed by atoms with van der Waals surface area (Å²) in [6, 6.07) is 4.53. The summed E-state index contributed by atoms with van der Waals surface area (Å²) in [5, 5.41) is 2.49. The molecule has 0 atom stereocenters. The van der Waals surface area contributed by atoms with E-state index in [9.17, 15) is 18.0 Å². The van der Waals surface area contributed by atoms with E-state index in [0.29, 0.717) is 17.7 Å². The third kappa shape index (κ3) is 4.65. The van der Waals surface area contributed by atoms with E-state index >= 15 is 0 Å². The van der Waals surface area contributed by atoms with Crippen molar-refractivity contribution in [3.05, 3.63) is 65.9 Å². The van der Waals surface area contributed by atoms with Crippen LogP contribution in [0.3, 0.4) is 0 Å². The number of Topliss-reactive ketones (excluding diaryl/α,β-unsaturated/α-hetero) is 1. The maximum Gasteiger partial charge on any atom is 0.332 e. The lowest BCUT2D eigenvalue weighted by Crippen LogP contribution is -2.38. The van der Waals surface area contributed by atoms with Crippen molar-refractivity contribution in [1.82, 2.24) is 10.0 Å². The molecule has 1 aliphatic rings. The average molecular weight is 332 g/mol. The number of rotatable bonds is 4. The van der Waals surface area contributed by atoms with Crippen molar-refractivity contribution in [1.29, 1.82) is 0 Å². The molecule has 0 heterocycles. The zero-order valence-corrected chi connectivity index (χ0v) is 13.3. The number of hydrogen-bond acceptors (Lipinski definition) is 4. The van der Waals surface area contributed by atoms with Crippen molar-refractivity contribution in [2.24, 2.45) is 0 Å². The summed E-state index contributed by atoms with van der Waals surface area (Å²) in [6.07, 6.45) is 9.40. The van der Waals surface area contributed by atoms with Crippen LogP contribution in [0, 0.1) is 0 Å². The van der Waals surface area contributed by atoms with E-state index in [4.69, 9.17) is 0 Å². The molecule has 2 N–H and O–H groups in total. The first kappa shape index (κ1) is 16.7. The van der Waals surface area contributed by atoms with Gasteiger partial charge in [0.2, 0.25) is 0 Å². The molecular formula is C16H16N2O4S. The van der Waals surface area contributed by atoms with Gasteiger partial charge in [0.15, 0.2) is 5.78 Å². The normalized spacial score (nSPS) is 13.9. The van der Waals surface area contributed by atoms with Crippen LogP contribution in [0.15, 0.2) is 65.2 Å².